The molecule has 0 aromatic rings. The molecule has 0 aromatic heterocycles. The molecule has 16 heavy (non-hydrogen) atoms. The first-order chi connectivity index (χ1) is 7.35. The third-order valence-corrected chi connectivity index (χ3v) is 3.37. The fourth-order valence-corrected chi connectivity index (χ4v) is 2.27. The molecule has 1 fully saturated rings. The molecule has 0 amide bonds. The maximum absolute atomic E-state index is 8.96. The molecule has 0 saturated heterocycles. The Balaban J connectivity index is 2.53. The summed E-state index contributed by atoms with van der Waals surface area (Å²) >= 11 is 0. The van der Waals surface area contributed by atoms with E-state index in [0.29, 0.717) is 12.1 Å². The van der Waals surface area contributed by atoms with Crippen LogP contribution < -0.4 is 5.73 Å². The summed E-state index contributed by atoms with van der Waals surface area (Å²) in [5.74, 6) is 0.885. The van der Waals surface area contributed by atoms with E-state index in [0.717, 1.165) is 12.3 Å². The molecule has 0 radical (unpaired) electrons. The molecule has 2 N–H and O–H groups in total. The van der Waals surface area contributed by atoms with Crippen molar-refractivity contribution >= 4 is 0 Å². The van der Waals surface area contributed by atoms with Crippen molar-refractivity contribution in [2.24, 2.45) is 11.7 Å². The van der Waals surface area contributed by atoms with Gasteiger partial charge in [-0.2, -0.15) is 5.26 Å². The summed E-state index contributed by atoms with van der Waals surface area (Å²) in [4.78, 5) is 2.49. The molecule has 1 aliphatic carbocycles. The Hall–Kier alpha value is -0.590. The third kappa shape index (κ3) is 4.11. The zero-order valence-corrected chi connectivity index (χ0v) is 11.0. The van der Waals surface area contributed by atoms with Crippen LogP contribution in [-0.2, 0) is 0 Å². The van der Waals surface area contributed by atoms with Crippen LogP contribution >= 0.6 is 0 Å². The molecule has 1 rings (SSSR count). The van der Waals surface area contributed by atoms with Gasteiger partial charge < -0.3 is 5.73 Å². The summed E-state index contributed by atoms with van der Waals surface area (Å²) in [6, 6.07) is 3.10. The molecule has 0 aromatic carbocycles. The number of hydrogen-bond acceptors (Lipinski definition) is 3. The minimum absolute atomic E-state index is 0.384. The zero-order chi connectivity index (χ0) is 12.3. The lowest BCUT2D eigenvalue weighted by Crippen LogP contribution is -2.47. The smallest absolute Gasteiger partial charge is 0.102 e. The minimum Gasteiger partial charge on any atom is -0.314 e. The predicted molar refractivity (Wildman–Crippen MR) is 66.9 cm³/mol. The van der Waals surface area contributed by atoms with Gasteiger partial charge in [0.1, 0.15) is 5.54 Å². The van der Waals surface area contributed by atoms with E-state index in [4.69, 9.17) is 11.0 Å². The average molecular weight is 223 g/mol. The molecule has 1 saturated carbocycles. The van der Waals surface area contributed by atoms with Crippen LogP contribution in [-0.4, -0.2) is 29.1 Å². The van der Waals surface area contributed by atoms with Crippen molar-refractivity contribution in [1.82, 2.24) is 4.90 Å². The van der Waals surface area contributed by atoms with Gasteiger partial charge in [-0.1, -0.05) is 0 Å². The van der Waals surface area contributed by atoms with Crippen molar-refractivity contribution in [3.05, 3.63) is 0 Å². The van der Waals surface area contributed by atoms with Crippen molar-refractivity contribution in [2.45, 2.75) is 64.6 Å². The van der Waals surface area contributed by atoms with Crippen LogP contribution in [0, 0.1) is 17.2 Å². The summed E-state index contributed by atoms with van der Waals surface area (Å²) in [7, 11) is 0. The normalized spacial score (nSPS) is 21.9. The second-order valence-electron chi connectivity index (χ2n) is 5.82. The highest BCUT2D eigenvalue weighted by atomic mass is 15.2. The first-order valence-electron chi connectivity index (χ1n) is 6.31. The Bertz CT molecular complexity index is 261. The zero-order valence-electron chi connectivity index (χ0n) is 11.0. The van der Waals surface area contributed by atoms with Crippen molar-refractivity contribution < 1.29 is 0 Å². The number of nitrogens with two attached hydrogens (primary N) is 1. The van der Waals surface area contributed by atoms with Crippen LogP contribution in [0.2, 0.25) is 0 Å². The van der Waals surface area contributed by atoms with Gasteiger partial charge in [0.2, 0.25) is 0 Å². The number of nitrogens with zero attached hydrogens (tertiary/aromatic N) is 2. The van der Waals surface area contributed by atoms with Crippen LogP contribution in [0.1, 0.15) is 47.0 Å². The Morgan fingerprint density at radius 1 is 1.44 bits per heavy atom. The van der Waals surface area contributed by atoms with Gasteiger partial charge in [0, 0.05) is 18.6 Å². The first kappa shape index (κ1) is 13.5. The van der Waals surface area contributed by atoms with Crippen LogP contribution in [0.25, 0.3) is 0 Å². The molecule has 2 atom stereocenters. The Morgan fingerprint density at radius 3 is 2.38 bits per heavy atom. The van der Waals surface area contributed by atoms with E-state index in [1.165, 1.54) is 19.4 Å². The number of rotatable bonds is 6. The van der Waals surface area contributed by atoms with E-state index in [2.05, 4.69) is 31.7 Å². The largest absolute Gasteiger partial charge is 0.314 e. The molecule has 3 heteroatoms. The summed E-state index contributed by atoms with van der Waals surface area (Å²) in [5, 5.41) is 8.96. The second kappa shape index (κ2) is 5.16. The highest BCUT2D eigenvalue weighted by Gasteiger charge is 2.30. The first-order valence-corrected chi connectivity index (χ1v) is 6.31. The van der Waals surface area contributed by atoms with Crippen molar-refractivity contribution in [3.8, 4) is 6.07 Å². The van der Waals surface area contributed by atoms with Crippen LogP contribution in [0.4, 0.5) is 0 Å². The average Bonchev–Trinajstić information content (AvgIpc) is 2.96. The van der Waals surface area contributed by atoms with E-state index < -0.39 is 5.54 Å². The number of hydrogen-bond donors (Lipinski definition) is 1. The maximum atomic E-state index is 8.96. The number of nitriles is 1. The quantitative estimate of drug-likeness (QED) is 0.750. The van der Waals surface area contributed by atoms with E-state index in [1.807, 2.05) is 6.92 Å². The Kier molecular flexibility index (Phi) is 4.35. The molecule has 2 unspecified atom stereocenters. The third-order valence-electron chi connectivity index (χ3n) is 3.37. The molecule has 3 nitrogen and oxygen atoms in total. The van der Waals surface area contributed by atoms with E-state index >= 15 is 0 Å². The van der Waals surface area contributed by atoms with Gasteiger partial charge in [0.25, 0.3) is 0 Å². The molecule has 92 valence electrons. The van der Waals surface area contributed by atoms with E-state index in [-0.39, 0.29) is 0 Å². The highest BCUT2D eigenvalue weighted by molar-refractivity contribution is 5.03. The topological polar surface area (TPSA) is 53.0 Å². The lowest BCUT2D eigenvalue weighted by atomic mass is 9.95. The van der Waals surface area contributed by atoms with Gasteiger partial charge in [-0.05, 0) is 52.9 Å². The molecule has 0 heterocycles. The SMILES string of the molecule is CC(C)N(CC1CC1)C(C)CC(C)(N)C#N. The van der Waals surface area contributed by atoms with Crippen LogP contribution in [0.3, 0.4) is 0 Å². The lowest BCUT2D eigenvalue weighted by Gasteiger charge is -2.35. The molecule has 0 bridgehead atoms. The van der Waals surface area contributed by atoms with Crippen molar-refractivity contribution in [1.29, 1.82) is 5.26 Å². The van der Waals surface area contributed by atoms with E-state index in [1.54, 1.807) is 0 Å². The fourth-order valence-electron chi connectivity index (χ4n) is 2.27. The van der Waals surface area contributed by atoms with Gasteiger partial charge in [0.05, 0.1) is 6.07 Å². The van der Waals surface area contributed by atoms with Gasteiger partial charge >= 0.3 is 0 Å². The van der Waals surface area contributed by atoms with Gasteiger partial charge in [0.15, 0.2) is 0 Å². The Morgan fingerprint density at radius 2 is 2.00 bits per heavy atom. The summed E-state index contributed by atoms with van der Waals surface area (Å²) in [6.45, 7) is 9.61. The Labute approximate surface area is 99.6 Å². The summed E-state index contributed by atoms with van der Waals surface area (Å²) in [5.41, 5.74) is 5.22. The standard InChI is InChI=1S/C13H25N3/c1-10(2)16(8-12-5-6-12)11(3)7-13(4,15)9-14/h10-12H,5-8,15H2,1-4H3. The van der Waals surface area contributed by atoms with Crippen molar-refractivity contribution in [2.75, 3.05) is 6.54 Å². The molecular weight excluding hydrogens is 198 g/mol. The molecule has 0 spiro atoms. The highest BCUT2D eigenvalue weighted by Crippen LogP contribution is 2.31. The molecule has 0 aliphatic heterocycles. The summed E-state index contributed by atoms with van der Waals surface area (Å²) < 4.78 is 0. The van der Waals surface area contributed by atoms with Crippen LogP contribution in [0.5, 0.6) is 0 Å². The van der Waals surface area contributed by atoms with Gasteiger partial charge in [-0.3, -0.25) is 4.90 Å². The lowest BCUT2D eigenvalue weighted by molar-refractivity contribution is 0.138. The summed E-state index contributed by atoms with van der Waals surface area (Å²) in [6.07, 6.45) is 3.48. The van der Waals surface area contributed by atoms with Gasteiger partial charge in [-0.25, -0.2) is 0 Å². The van der Waals surface area contributed by atoms with Crippen LogP contribution in [0.15, 0.2) is 0 Å². The molecular formula is C13H25N3. The minimum atomic E-state index is -0.698. The van der Waals surface area contributed by atoms with E-state index in [9.17, 15) is 0 Å². The molecule has 1 aliphatic rings. The van der Waals surface area contributed by atoms with Crippen molar-refractivity contribution in [3.63, 3.8) is 0 Å². The van der Waals surface area contributed by atoms with Gasteiger partial charge in [-0.15, -0.1) is 0 Å². The predicted octanol–water partition coefficient (Wildman–Crippen LogP) is 2.13. The second-order valence-corrected chi connectivity index (χ2v) is 5.82. The monoisotopic (exact) mass is 223 g/mol. The fraction of sp³-hybridized carbons (Fsp3) is 0.923. The maximum Gasteiger partial charge on any atom is 0.102 e.